The molecule has 1 rings (SSSR count). The summed E-state index contributed by atoms with van der Waals surface area (Å²) in [5.41, 5.74) is 0. The fraction of sp³-hybridized carbons (Fsp3) is 1.00. The molecule has 0 aromatic carbocycles. The second-order valence-electron chi connectivity index (χ2n) is 4.87. The monoisotopic (exact) mass is 370 g/mol. The van der Waals surface area contributed by atoms with Crippen molar-refractivity contribution in [2.24, 2.45) is 0 Å². The summed E-state index contributed by atoms with van der Waals surface area (Å²) in [5, 5.41) is 9.85. The molecule has 0 aromatic heterocycles. The van der Waals surface area contributed by atoms with Gasteiger partial charge < -0.3 is 28.8 Å². The van der Waals surface area contributed by atoms with E-state index in [4.69, 9.17) is 23.7 Å². The van der Waals surface area contributed by atoms with Crippen molar-refractivity contribution in [3.05, 3.63) is 0 Å². The summed E-state index contributed by atoms with van der Waals surface area (Å²) in [6.07, 6.45) is -0.269. The van der Waals surface area contributed by atoms with Crippen molar-refractivity contribution in [3.63, 3.8) is 0 Å². The van der Waals surface area contributed by atoms with Gasteiger partial charge in [-0.05, 0) is 0 Å². The van der Waals surface area contributed by atoms with Gasteiger partial charge in [0.15, 0.2) is 0 Å². The van der Waals surface area contributed by atoms with E-state index in [0.29, 0.717) is 66.1 Å². The number of aliphatic hydroxyl groups excluding tert-OH is 1. The molecule has 0 aliphatic carbocycles. The van der Waals surface area contributed by atoms with Crippen LogP contribution in [0.2, 0.25) is 0 Å². The van der Waals surface area contributed by atoms with Gasteiger partial charge in [0.2, 0.25) is 0 Å². The van der Waals surface area contributed by atoms with Crippen molar-refractivity contribution in [1.29, 1.82) is 0 Å². The zero-order valence-corrected chi connectivity index (χ0v) is 15.4. The number of hydrogen-bond donors (Lipinski definition) is 1. The molecule has 1 heterocycles. The van der Waals surface area contributed by atoms with E-state index in [1.807, 2.05) is 0 Å². The first-order chi connectivity index (χ1) is 11.4. The highest BCUT2D eigenvalue weighted by atomic mass is 32.2. The van der Waals surface area contributed by atoms with E-state index >= 15 is 0 Å². The quantitative estimate of drug-likeness (QED) is 0.675. The SMILES string of the molecule is OC1CSCCOCCOCCOCCOCCOCCSC1. The molecule has 8 heteroatoms. The normalized spacial score (nSPS) is 24.4. The average Bonchev–Trinajstić information content (AvgIpc) is 2.55. The van der Waals surface area contributed by atoms with Crippen molar-refractivity contribution >= 4 is 23.5 Å². The highest BCUT2D eigenvalue weighted by molar-refractivity contribution is 8.00. The van der Waals surface area contributed by atoms with Crippen LogP contribution in [0.15, 0.2) is 0 Å². The minimum Gasteiger partial charge on any atom is -0.391 e. The molecule has 0 spiro atoms. The Bertz CT molecular complexity index is 226. The summed E-state index contributed by atoms with van der Waals surface area (Å²) in [6.45, 7) is 6.04. The standard InChI is InChI=1S/C15H30O6S2/c16-15-13-22-11-9-20-7-5-18-3-1-17-2-4-19-6-8-21-10-12-23-14-15/h15-16H,1-14H2. The third-order valence-electron chi connectivity index (χ3n) is 2.85. The molecule has 1 saturated heterocycles. The fourth-order valence-electron chi connectivity index (χ4n) is 1.70. The Morgan fingerprint density at radius 2 is 0.826 bits per heavy atom. The molecule has 6 nitrogen and oxygen atoms in total. The van der Waals surface area contributed by atoms with Crippen molar-refractivity contribution in [2.75, 3.05) is 89.1 Å². The van der Waals surface area contributed by atoms with E-state index in [1.165, 1.54) is 0 Å². The third-order valence-corrected chi connectivity index (χ3v) is 5.00. The van der Waals surface area contributed by atoms with Crippen molar-refractivity contribution in [3.8, 4) is 0 Å². The predicted octanol–water partition coefficient (Wildman–Crippen LogP) is 0.910. The molecule has 1 aliphatic heterocycles. The molecule has 1 N–H and O–H groups in total. The van der Waals surface area contributed by atoms with Gasteiger partial charge >= 0.3 is 0 Å². The van der Waals surface area contributed by atoms with Crippen LogP contribution in [-0.4, -0.2) is 100 Å². The van der Waals surface area contributed by atoms with Crippen molar-refractivity contribution in [2.45, 2.75) is 6.10 Å². The first kappa shape index (κ1) is 21.5. The highest BCUT2D eigenvalue weighted by Gasteiger charge is 2.04. The van der Waals surface area contributed by atoms with E-state index in [0.717, 1.165) is 23.0 Å². The van der Waals surface area contributed by atoms with E-state index in [1.54, 1.807) is 23.5 Å². The summed E-state index contributed by atoms with van der Waals surface area (Å²) in [6, 6.07) is 0. The highest BCUT2D eigenvalue weighted by Crippen LogP contribution is 2.09. The van der Waals surface area contributed by atoms with E-state index in [-0.39, 0.29) is 6.10 Å². The molecule has 0 unspecified atom stereocenters. The fourth-order valence-corrected chi connectivity index (χ4v) is 3.44. The zero-order chi connectivity index (χ0) is 16.4. The molecule has 1 fully saturated rings. The maximum Gasteiger partial charge on any atom is 0.0720 e. The lowest BCUT2D eigenvalue weighted by molar-refractivity contribution is -0.00904. The molecule has 23 heavy (non-hydrogen) atoms. The summed E-state index contributed by atoms with van der Waals surface area (Å²) in [4.78, 5) is 0. The maximum absolute atomic E-state index is 9.85. The van der Waals surface area contributed by atoms with Gasteiger partial charge in [-0.2, -0.15) is 23.5 Å². The van der Waals surface area contributed by atoms with Gasteiger partial charge in [-0.1, -0.05) is 0 Å². The molecule has 138 valence electrons. The predicted molar refractivity (Wildman–Crippen MR) is 94.8 cm³/mol. The van der Waals surface area contributed by atoms with Gasteiger partial charge in [0.25, 0.3) is 0 Å². The largest absolute Gasteiger partial charge is 0.391 e. The molecule has 1 aliphatic rings. The smallest absolute Gasteiger partial charge is 0.0720 e. The summed E-state index contributed by atoms with van der Waals surface area (Å²) < 4.78 is 27.1. The molecule has 0 bridgehead atoms. The lowest BCUT2D eigenvalue weighted by atomic mass is 10.5. The minimum atomic E-state index is -0.269. The van der Waals surface area contributed by atoms with Crippen LogP contribution in [0.5, 0.6) is 0 Å². The average molecular weight is 371 g/mol. The first-order valence-electron chi connectivity index (χ1n) is 8.12. The maximum atomic E-state index is 9.85. The Labute approximate surface area is 147 Å². The number of ether oxygens (including phenoxy) is 5. The molecule has 0 saturated carbocycles. The second kappa shape index (κ2) is 17.3. The topological polar surface area (TPSA) is 66.4 Å². The van der Waals surface area contributed by atoms with Crippen molar-refractivity contribution in [1.82, 2.24) is 0 Å². The Kier molecular flexibility index (Phi) is 16.2. The molecule has 0 atom stereocenters. The van der Waals surface area contributed by atoms with Crippen LogP contribution >= 0.6 is 23.5 Å². The van der Waals surface area contributed by atoms with Gasteiger partial charge in [-0.3, -0.25) is 0 Å². The number of thioether (sulfide) groups is 2. The Morgan fingerprint density at radius 1 is 0.522 bits per heavy atom. The third kappa shape index (κ3) is 15.7. The Balaban J connectivity index is 2.07. The Hall–Kier alpha value is 0.460. The van der Waals surface area contributed by atoms with Crippen LogP contribution in [0.4, 0.5) is 0 Å². The summed E-state index contributed by atoms with van der Waals surface area (Å²) >= 11 is 3.44. The minimum absolute atomic E-state index is 0.269. The van der Waals surface area contributed by atoms with Crippen LogP contribution < -0.4 is 0 Å². The molecular formula is C15H30O6S2. The zero-order valence-electron chi connectivity index (χ0n) is 13.8. The second-order valence-corrected chi connectivity index (χ2v) is 7.17. The Morgan fingerprint density at radius 3 is 1.17 bits per heavy atom. The van der Waals surface area contributed by atoms with E-state index < -0.39 is 0 Å². The molecule has 0 radical (unpaired) electrons. The van der Waals surface area contributed by atoms with E-state index in [2.05, 4.69) is 0 Å². The lowest BCUT2D eigenvalue weighted by Gasteiger charge is -2.11. The molecule has 0 amide bonds. The summed E-state index contributed by atoms with van der Waals surface area (Å²) in [5.74, 6) is 3.29. The van der Waals surface area contributed by atoms with Gasteiger partial charge in [0.05, 0.1) is 72.2 Å². The molecular weight excluding hydrogens is 340 g/mol. The molecule has 0 aromatic rings. The van der Waals surface area contributed by atoms with Gasteiger partial charge in [-0.15, -0.1) is 0 Å². The number of hydrogen-bond acceptors (Lipinski definition) is 8. The first-order valence-corrected chi connectivity index (χ1v) is 10.4. The van der Waals surface area contributed by atoms with Gasteiger partial charge in [0.1, 0.15) is 0 Å². The van der Waals surface area contributed by atoms with Gasteiger partial charge in [0, 0.05) is 23.0 Å². The van der Waals surface area contributed by atoms with Crippen LogP contribution in [0.25, 0.3) is 0 Å². The van der Waals surface area contributed by atoms with Gasteiger partial charge in [-0.25, -0.2) is 0 Å². The summed E-state index contributed by atoms with van der Waals surface area (Å²) in [7, 11) is 0. The van der Waals surface area contributed by atoms with Crippen LogP contribution in [0.3, 0.4) is 0 Å². The number of rotatable bonds is 0. The number of aliphatic hydroxyl groups is 1. The van der Waals surface area contributed by atoms with Crippen LogP contribution in [0.1, 0.15) is 0 Å². The van der Waals surface area contributed by atoms with Crippen LogP contribution in [-0.2, 0) is 23.7 Å². The van der Waals surface area contributed by atoms with Crippen molar-refractivity contribution < 1.29 is 28.8 Å². The van der Waals surface area contributed by atoms with Crippen LogP contribution in [0, 0.1) is 0 Å². The lowest BCUT2D eigenvalue weighted by Crippen LogP contribution is -2.16. The van der Waals surface area contributed by atoms with E-state index in [9.17, 15) is 5.11 Å².